The standard InChI is InChI=1S/C15H22/c1-11(2)13-8-9-14-7-5-6-12(3)15(14,4)10-13/h5-7,12-13H,1,8-10H2,2-4H3. The molecule has 0 heterocycles. The van der Waals surface area contributed by atoms with E-state index in [1.807, 2.05) is 0 Å². The highest BCUT2D eigenvalue weighted by molar-refractivity contribution is 5.30. The molecule has 0 heteroatoms. The van der Waals surface area contributed by atoms with Gasteiger partial charge in [0.1, 0.15) is 0 Å². The van der Waals surface area contributed by atoms with Gasteiger partial charge >= 0.3 is 0 Å². The molecule has 0 aliphatic heterocycles. The van der Waals surface area contributed by atoms with Crippen molar-refractivity contribution in [3.63, 3.8) is 0 Å². The summed E-state index contributed by atoms with van der Waals surface area (Å²) in [6.45, 7) is 11.1. The first kappa shape index (κ1) is 10.7. The Morgan fingerprint density at radius 2 is 2.27 bits per heavy atom. The van der Waals surface area contributed by atoms with Crippen LogP contribution in [0.5, 0.6) is 0 Å². The van der Waals surface area contributed by atoms with Crippen LogP contribution < -0.4 is 0 Å². The molecule has 1 fully saturated rings. The highest BCUT2D eigenvalue weighted by Crippen LogP contribution is 2.51. The van der Waals surface area contributed by atoms with E-state index >= 15 is 0 Å². The molecule has 0 N–H and O–H groups in total. The largest absolute Gasteiger partial charge is 0.0999 e. The van der Waals surface area contributed by atoms with Gasteiger partial charge in [-0.2, -0.15) is 0 Å². The maximum absolute atomic E-state index is 4.14. The van der Waals surface area contributed by atoms with E-state index in [9.17, 15) is 0 Å². The summed E-state index contributed by atoms with van der Waals surface area (Å²) in [5.74, 6) is 1.42. The minimum atomic E-state index is 0.399. The number of fused-ring (bicyclic) bond motifs is 1. The van der Waals surface area contributed by atoms with Crippen molar-refractivity contribution in [1.29, 1.82) is 0 Å². The summed E-state index contributed by atoms with van der Waals surface area (Å²) in [7, 11) is 0. The highest BCUT2D eigenvalue weighted by Gasteiger charge is 2.40. The third-order valence-electron chi connectivity index (χ3n) is 4.57. The van der Waals surface area contributed by atoms with Crippen LogP contribution in [0.4, 0.5) is 0 Å². The number of rotatable bonds is 1. The van der Waals surface area contributed by atoms with E-state index in [1.165, 1.54) is 24.8 Å². The van der Waals surface area contributed by atoms with E-state index in [0.29, 0.717) is 11.3 Å². The lowest BCUT2D eigenvalue weighted by Gasteiger charge is -2.45. The molecule has 0 spiro atoms. The zero-order chi connectivity index (χ0) is 11.1. The van der Waals surface area contributed by atoms with Gasteiger partial charge in [-0.05, 0) is 43.4 Å². The molecule has 0 aromatic rings. The first-order valence-corrected chi connectivity index (χ1v) is 6.07. The topological polar surface area (TPSA) is 0 Å². The molecule has 1 saturated carbocycles. The van der Waals surface area contributed by atoms with Gasteiger partial charge in [0, 0.05) is 0 Å². The minimum Gasteiger partial charge on any atom is -0.0999 e. The van der Waals surface area contributed by atoms with Crippen molar-refractivity contribution in [2.45, 2.75) is 40.0 Å². The molecule has 0 radical (unpaired) electrons. The van der Waals surface area contributed by atoms with Crippen molar-refractivity contribution in [2.75, 3.05) is 0 Å². The Kier molecular flexibility index (Phi) is 2.62. The molecule has 0 saturated heterocycles. The van der Waals surface area contributed by atoms with Gasteiger partial charge in [0.2, 0.25) is 0 Å². The van der Waals surface area contributed by atoms with Gasteiger partial charge in [0.25, 0.3) is 0 Å². The van der Waals surface area contributed by atoms with Crippen LogP contribution >= 0.6 is 0 Å². The Hall–Kier alpha value is -0.780. The van der Waals surface area contributed by atoms with Gasteiger partial charge in [0.15, 0.2) is 0 Å². The lowest BCUT2D eigenvalue weighted by atomic mass is 9.59. The van der Waals surface area contributed by atoms with Gasteiger partial charge < -0.3 is 0 Å². The van der Waals surface area contributed by atoms with E-state index in [1.54, 1.807) is 5.57 Å². The Bertz CT molecular complexity index is 332. The Morgan fingerprint density at radius 1 is 1.53 bits per heavy atom. The third kappa shape index (κ3) is 1.71. The van der Waals surface area contributed by atoms with E-state index < -0.39 is 0 Å². The normalized spacial score (nSPS) is 39.5. The average Bonchev–Trinajstić information content (AvgIpc) is 2.19. The molecule has 0 bridgehead atoms. The molecule has 2 rings (SSSR count). The molecule has 0 amide bonds. The summed E-state index contributed by atoms with van der Waals surface area (Å²) in [5, 5.41) is 0. The van der Waals surface area contributed by atoms with Crippen molar-refractivity contribution < 1.29 is 0 Å². The van der Waals surface area contributed by atoms with Crippen LogP contribution in [0.25, 0.3) is 0 Å². The first-order valence-electron chi connectivity index (χ1n) is 6.07. The van der Waals surface area contributed by atoms with Crippen LogP contribution in [0.3, 0.4) is 0 Å². The molecule has 2 aliphatic carbocycles. The highest BCUT2D eigenvalue weighted by atomic mass is 14.4. The lowest BCUT2D eigenvalue weighted by Crippen LogP contribution is -2.35. The summed E-state index contributed by atoms with van der Waals surface area (Å²) >= 11 is 0. The van der Waals surface area contributed by atoms with Crippen LogP contribution in [0.1, 0.15) is 40.0 Å². The van der Waals surface area contributed by atoms with E-state index in [-0.39, 0.29) is 0 Å². The fraction of sp³-hybridized carbons (Fsp3) is 0.600. The molecule has 82 valence electrons. The Morgan fingerprint density at radius 3 is 2.93 bits per heavy atom. The molecule has 3 unspecified atom stereocenters. The molecule has 0 aromatic heterocycles. The van der Waals surface area contributed by atoms with E-state index in [4.69, 9.17) is 0 Å². The minimum absolute atomic E-state index is 0.399. The first-order chi connectivity index (χ1) is 7.04. The van der Waals surface area contributed by atoms with Crippen molar-refractivity contribution in [2.24, 2.45) is 17.3 Å². The number of hydrogen-bond donors (Lipinski definition) is 0. The van der Waals surface area contributed by atoms with Gasteiger partial charge in [-0.3, -0.25) is 0 Å². The van der Waals surface area contributed by atoms with Crippen LogP contribution in [-0.4, -0.2) is 0 Å². The van der Waals surface area contributed by atoms with Crippen molar-refractivity contribution in [3.8, 4) is 0 Å². The zero-order valence-corrected chi connectivity index (χ0v) is 10.2. The molecule has 0 aromatic carbocycles. The summed E-state index contributed by atoms with van der Waals surface area (Å²) in [6.07, 6.45) is 10.8. The molecule has 0 nitrogen and oxygen atoms in total. The predicted octanol–water partition coefficient (Wildman–Crippen LogP) is 4.50. The summed E-state index contributed by atoms with van der Waals surface area (Å²) < 4.78 is 0. The SMILES string of the molecule is C=C(C)C1CCC2=CC=CC(C)C2(C)C1. The molecular formula is C15H22. The molecular weight excluding hydrogens is 180 g/mol. The maximum Gasteiger partial charge on any atom is -0.00474 e. The third-order valence-corrected chi connectivity index (χ3v) is 4.57. The predicted molar refractivity (Wildman–Crippen MR) is 66.6 cm³/mol. The fourth-order valence-corrected chi connectivity index (χ4v) is 3.08. The van der Waals surface area contributed by atoms with Crippen LogP contribution in [-0.2, 0) is 0 Å². The van der Waals surface area contributed by atoms with Gasteiger partial charge in [0.05, 0.1) is 0 Å². The Balaban J connectivity index is 2.26. The second-order valence-corrected chi connectivity index (χ2v) is 5.57. The van der Waals surface area contributed by atoms with Crippen molar-refractivity contribution in [1.82, 2.24) is 0 Å². The van der Waals surface area contributed by atoms with E-state index in [0.717, 1.165) is 5.92 Å². The summed E-state index contributed by atoms with van der Waals surface area (Å²) in [6, 6.07) is 0. The quantitative estimate of drug-likeness (QED) is 0.549. The average molecular weight is 202 g/mol. The van der Waals surface area contributed by atoms with Gasteiger partial charge in [-0.15, -0.1) is 0 Å². The second kappa shape index (κ2) is 3.66. The van der Waals surface area contributed by atoms with Crippen LogP contribution in [0, 0.1) is 17.3 Å². The monoisotopic (exact) mass is 202 g/mol. The molecule has 3 atom stereocenters. The Labute approximate surface area is 93.8 Å². The number of hydrogen-bond acceptors (Lipinski definition) is 0. The smallest absolute Gasteiger partial charge is 0.00474 e. The lowest BCUT2D eigenvalue weighted by molar-refractivity contribution is 0.197. The van der Waals surface area contributed by atoms with Crippen molar-refractivity contribution >= 4 is 0 Å². The summed E-state index contributed by atoms with van der Waals surface area (Å²) in [4.78, 5) is 0. The van der Waals surface area contributed by atoms with Crippen molar-refractivity contribution in [3.05, 3.63) is 36.0 Å². The van der Waals surface area contributed by atoms with E-state index in [2.05, 4.69) is 45.6 Å². The molecule has 2 aliphatic rings. The fourth-order valence-electron chi connectivity index (χ4n) is 3.08. The second-order valence-electron chi connectivity index (χ2n) is 5.57. The number of allylic oxidation sites excluding steroid dienone is 5. The van der Waals surface area contributed by atoms with Crippen LogP contribution in [0.2, 0.25) is 0 Å². The van der Waals surface area contributed by atoms with Crippen LogP contribution in [0.15, 0.2) is 36.0 Å². The zero-order valence-electron chi connectivity index (χ0n) is 10.2. The van der Waals surface area contributed by atoms with Gasteiger partial charge in [-0.1, -0.05) is 49.8 Å². The summed E-state index contributed by atoms with van der Waals surface area (Å²) in [5.41, 5.74) is 3.43. The van der Waals surface area contributed by atoms with Gasteiger partial charge in [-0.25, -0.2) is 0 Å². The molecule has 15 heavy (non-hydrogen) atoms. The maximum atomic E-state index is 4.14.